The van der Waals surface area contributed by atoms with Gasteiger partial charge in [-0.1, -0.05) is 0 Å². The molecule has 0 atom stereocenters. The van der Waals surface area contributed by atoms with Crippen LogP contribution in [0.4, 0.5) is 5.95 Å². The van der Waals surface area contributed by atoms with Crippen molar-refractivity contribution in [2.24, 2.45) is 5.84 Å². The quantitative estimate of drug-likeness (QED) is 0.521. The summed E-state index contributed by atoms with van der Waals surface area (Å²) in [6.07, 6.45) is 5.66. The number of anilines is 1. The number of pyridine rings is 1. The number of nitrogens with one attached hydrogen (secondary N) is 2. The van der Waals surface area contributed by atoms with E-state index in [-0.39, 0.29) is 17.4 Å². The van der Waals surface area contributed by atoms with Gasteiger partial charge in [-0.05, 0) is 24.1 Å². The lowest BCUT2D eigenvalue weighted by Crippen LogP contribution is -2.24. The van der Waals surface area contributed by atoms with E-state index in [0.29, 0.717) is 0 Å². The monoisotopic (exact) mass is 294 g/mol. The Morgan fingerprint density at radius 1 is 1.25 bits per heavy atom. The lowest BCUT2D eigenvalue weighted by atomic mass is 10.2. The summed E-state index contributed by atoms with van der Waals surface area (Å²) >= 11 is 0. The van der Waals surface area contributed by atoms with Gasteiger partial charge < -0.3 is 0 Å². The number of nitrogens with two attached hydrogens (primary N) is 1. The maximum atomic E-state index is 12.1. The molecule has 2 heterocycles. The Kier molecular flexibility index (Phi) is 4.23. The van der Waals surface area contributed by atoms with Gasteiger partial charge >= 0.3 is 0 Å². The summed E-state index contributed by atoms with van der Waals surface area (Å²) in [5.74, 6) is 5.26. The molecule has 2 aromatic heterocycles. The smallest absolute Gasteiger partial charge is 0.243 e. The first-order chi connectivity index (χ1) is 9.53. The zero-order valence-electron chi connectivity index (χ0n) is 10.7. The molecule has 0 bridgehead atoms. The number of aromatic nitrogens is 3. The minimum absolute atomic E-state index is 0.0248. The lowest BCUT2D eigenvalue weighted by Gasteiger charge is -2.08. The summed E-state index contributed by atoms with van der Waals surface area (Å²) in [4.78, 5) is 11.4. The first kappa shape index (κ1) is 14.3. The van der Waals surface area contributed by atoms with Gasteiger partial charge in [0.15, 0.2) is 0 Å². The molecule has 8 nitrogen and oxygen atoms in total. The fourth-order valence-electron chi connectivity index (χ4n) is 1.49. The van der Waals surface area contributed by atoms with Crippen molar-refractivity contribution in [2.75, 3.05) is 5.43 Å². The standard InChI is InChI=1S/C11H14N6O2S/c1-8-4-13-3-2-9(8)5-16-20(18,19)10-6-14-11(17-12)15-7-10/h2-4,6-7,16H,5,12H2,1H3,(H,14,15,17). The fraction of sp³-hybridized carbons (Fsp3) is 0.182. The van der Waals surface area contributed by atoms with Gasteiger partial charge in [-0.3, -0.25) is 10.4 Å². The van der Waals surface area contributed by atoms with Crippen LogP contribution in [0.15, 0.2) is 35.7 Å². The first-order valence-corrected chi connectivity index (χ1v) is 7.19. The molecule has 0 fully saturated rings. The number of hydrazine groups is 1. The van der Waals surface area contributed by atoms with Gasteiger partial charge in [-0.15, -0.1) is 0 Å². The molecule has 4 N–H and O–H groups in total. The van der Waals surface area contributed by atoms with Crippen molar-refractivity contribution in [3.63, 3.8) is 0 Å². The third-order valence-corrected chi connectivity index (χ3v) is 4.01. The van der Waals surface area contributed by atoms with Gasteiger partial charge in [0.05, 0.1) is 12.4 Å². The third kappa shape index (κ3) is 3.26. The van der Waals surface area contributed by atoms with E-state index in [2.05, 4.69) is 25.1 Å². The van der Waals surface area contributed by atoms with Gasteiger partial charge in [0, 0.05) is 18.9 Å². The second kappa shape index (κ2) is 5.90. The summed E-state index contributed by atoms with van der Waals surface area (Å²) in [7, 11) is -3.66. The molecule has 0 radical (unpaired) electrons. The summed E-state index contributed by atoms with van der Waals surface area (Å²) in [5.41, 5.74) is 3.99. The number of hydrogen-bond acceptors (Lipinski definition) is 7. The van der Waals surface area contributed by atoms with Crippen molar-refractivity contribution in [1.82, 2.24) is 19.7 Å². The van der Waals surface area contributed by atoms with E-state index in [0.717, 1.165) is 11.1 Å². The van der Waals surface area contributed by atoms with Crippen molar-refractivity contribution in [1.29, 1.82) is 0 Å². The van der Waals surface area contributed by atoms with Gasteiger partial charge in [0.2, 0.25) is 16.0 Å². The van der Waals surface area contributed by atoms with Crippen LogP contribution in [0.5, 0.6) is 0 Å². The predicted molar refractivity (Wildman–Crippen MR) is 72.8 cm³/mol. The number of aryl methyl sites for hydroxylation is 1. The first-order valence-electron chi connectivity index (χ1n) is 5.71. The van der Waals surface area contributed by atoms with Crippen LogP contribution in [-0.4, -0.2) is 23.4 Å². The van der Waals surface area contributed by atoms with Crippen LogP contribution < -0.4 is 16.0 Å². The van der Waals surface area contributed by atoms with Crippen LogP contribution in [0.25, 0.3) is 0 Å². The Balaban J connectivity index is 2.13. The van der Waals surface area contributed by atoms with Crippen LogP contribution >= 0.6 is 0 Å². The minimum atomic E-state index is -3.66. The Morgan fingerprint density at radius 2 is 1.95 bits per heavy atom. The summed E-state index contributed by atoms with van der Waals surface area (Å²) in [5, 5.41) is 0. The Hall–Kier alpha value is -2.10. The Bertz CT molecular complexity index is 686. The topological polar surface area (TPSA) is 123 Å². The van der Waals surface area contributed by atoms with Crippen LogP contribution in [0.3, 0.4) is 0 Å². The number of hydrogen-bond donors (Lipinski definition) is 3. The molecule has 0 saturated carbocycles. The van der Waals surface area contributed by atoms with E-state index in [1.165, 1.54) is 12.4 Å². The average Bonchev–Trinajstić information content (AvgIpc) is 2.46. The second-order valence-corrected chi connectivity index (χ2v) is 5.78. The van der Waals surface area contributed by atoms with Crippen LogP contribution in [0, 0.1) is 6.92 Å². The van der Waals surface area contributed by atoms with Crippen molar-refractivity contribution in [3.8, 4) is 0 Å². The molecule has 0 aliphatic heterocycles. The van der Waals surface area contributed by atoms with Crippen molar-refractivity contribution < 1.29 is 8.42 Å². The molecular weight excluding hydrogens is 280 g/mol. The van der Waals surface area contributed by atoms with Gasteiger partial charge in [0.25, 0.3) is 0 Å². The number of rotatable bonds is 5. The van der Waals surface area contributed by atoms with E-state index >= 15 is 0 Å². The fourth-order valence-corrected chi connectivity index (χ4v) is 2.38. The number of nitrogen functional groups attached to an aromatic ring is 1. The molecule has 0 unspecified atom stereocenters. The largest absolute Gasteiger partial charge is 0.292 e. The molecule has 0 aliphatic rings. The predicted octanol–water partition coefficient (Wildman–Crippen LogP) is -0.0559. The maximum Gasteiger partial charge on any atom is 0.243 e. The molecule has 0 aromatic carbocycles. The highest BCUT2D eigenvalue weighted by atomic mass is 32.2. The van der Waals surface area contributed by atoms with Crippen LogP contribution in [0.1, 0.15) is 11.1 Å². The van der Waals surface area contributed by atoms with Crippen LogP contribution in [0.2, 0.25) is 0 Å². The number of sulfonamides is 1. The Labute approximate surface area is 116 Å². The molecule has 106 valence electrons. The third-order valence-electron chi connectivity index (χ3n) is 2.66. The molecule has 9 heteroatoms. The zero-order chi connectivity index (χ0) is 14.6. The molecule has 0 saturated heterocycles. The summed E-state index contributed by atoms with van der Waals surface area (Å²) in [6, 6.07) is 1.76. The highest BCUT2D eigenvalue weighted by molar-refractivity contribution is 7.89. The maximum absolute atomic E-state index is 12.1. The average molecular weight is 294 g/mol. The SMILES string of the molecule is Cc1cnccc1CNS(=O)(=O)c1cnc(NN)nc1. The molecular formula is C11H14N6O2S. The normalized spacial score (nSPS) is 11.3. The molecule has 2 rings (SSSR count). The molecule has 0 aliphatic carbocycles. The van der Waals surface area contributed by atoms with Crippen molar-refractivity contribution in [2.45, 2.75) is 18.4 Å². The Morgan fingerprint density at radius 3 is 2.55 bits per heavy atom. The van der Waals surface area contributed by atoms with Crippen LogP contribution in [-0.2, 0) is 16.6 Å². The summed E-state index contributed by atoms with van der Waals surface area (Å²) < 4.78 is 26.6. The van der Waals surface area contributed by atoms with Crippen molar-refractivity contribution in [3.05, 3.63) is 42.0 Å². The molecule has 0 spiro atoms. The van der Waals surface area contributed by atoms with Gasteiger partial charge in [-0.2, -0.15) is 0 Å². The second-order valence-electron chi connectivity index (χ2n) is 4.01. The van der Waals surface area contributed by atoms with E-state index < -0.39 is 10.0 Å². The van der Waals surface area contributed by atoms with Gasteiger partial charge in [0.1, 0.15) is 4.90 Å². The highest BCUT2D eigenvalue weighted by Gasteiger charge is 2.15. The van der Waals surface area contributed by atoms with E-state index in [4.69, 9.17) is 5.84 Å². The lowest BCUT2D eigenvalue weighted by molar-refractivity contribution is 0.580. The van der Waals surface area contributed by atoms with E-state index in [1.54, 1.807) is 18.5 Å². The zero-order valence-corrected chi connectivity index (χ0v) is 11.6. The molecule has 2 aromatic rings. The van der Waals surface area contributed by atoms with E-state index in [9.17, 15) is 8.42 Å². The van der Waals surface area contributed by atoms with Crippen molar-refractivity contribution >= 4 is 16.0 Å². The van der Waals surface area contributed by atoms with Gasteiger partial charge in [-0.25, -0.2) is 29.0 Å². The minimum Gasteiger partial charge on any atom is -0.292 e. The highest BCUT2D eigenvalue weighted by Crippen LogP contribution is 2.09. The number of nitrogens with zero attached hydrogens (tertiary/aromatic N) is 3. The van der Waals surface area contributed by atoms with E-state index in [1.807, 2.05) is 6.92 Å². The molecule has 0 amide bonds. The molecule has 20 heavy (non-hydrogen) atoms. The summed E-state index contributed by atoms with van der Waals surface area (Å²) in [6.45, 7) is 2.04.